The Kier molecular flexibility index (Phi) is 5.14. The minimum Gasteiger partial charge on any atom is -0.468 e. The van der Waals surface area contributed by atoms with Crippen LogP contribution in [0.1, 0.15) is 13.3 Å². The minimum atomic E-state index is -0.333. The predicted molar refractivity (Wildman–Crippen MR) is 68.7 cm³/mol. The Hall–Kier alpha value is -1.37. The number of nitrogens with two attached hydrogens (primary N) is 1. The monoisotopic (exact) mass is 302 g/mol. The number of nitrogens with zero attached hydrogens (tertiary/aromatic N) is 3. The van der Waals surface area contributed by atoms with Gasteiger partial charge in [-0.1, -0.05) is 6.92 Å². The molecule has 1 aromatic rings. The van der Waals surface area contributed by atoms with E-state index in [2.05, 4.69) is 30.6 Å². The third-order valence-electron chi connectivity index (χ3n) is 2.03. The Balaban J connectivity index is 2.91. The average molecular weight is 303 g/mol. The number of carbonyl (C=O) groups excluding carboxylic acids is 1. The van der Waals surface area contributed by atoms with Crippen LogP contribution in [0, 0.1) is 0 Å². The molecule has 0 aliphatic heterocycles. The summed E-state index contributed by atoms with van der Waals surface area (Å²) in [5, 5.41) is 0. The molecule has 0 fully saturated rings. The van der Waals surface area contributed by atoms with Crippen LogP contribution in [-0.2, 0) is 9.53 Å². The van der Waals surface area contributed by atoms with Gasteiger partial charge in [0.25, 0.3) is 0 Å². The molecule has 6 nitrogen and oxygen atoms in total. The first-order valence-electron chi connectivity index (χ1n) is 5.18. The van der Waals surface area contributed by atoms with Gasteiger partial charge in [-0.25, -0.2) is 4.98 Å². The van der Waals surface area contributed by atoms with Crippen LogP contribution in [0.3, 0.4) is 0 Å². The number of anilines is 2. The highest BCUT2D eigenvalue weighted by Crippen LogP contribution is 2.16. The van der Waals surface area contributed by atoms with Gasteiger partial charge in [0.2, 0.25) is 5.95 Å². The van der Waals surface area contributed by atoms with Gasteiger partial charge < -0.3 is 15.4 Å². The van der Waals surface area contributed by atoms with Crippen LogP contribution in [0.4, 0.5) is 11.8 Å². The molecule has 0 aliphatic rings. The van der Waals surface area contributed by atoms with Crippen LogP contribution in [0.25, 0.3) is 0 Å². The zero-order chi connectivity index (χ0) is 12.8. The molecule has 1 aromatic heterocycles. The van der Waals surface area contributed by atoms with Crippen molar-refractivity contribution >= 4 is 33.7 Å². The summed E-state index contributed by atoms with van der Waals surface area (Å²) in [6.45, 7) is 2.77. The Morgan fingerprint density at radius 2 is 2.29 bits per heavy atom. The molecule has 0 aromatic carbocycles. The highest BCUT2D eigenvalue weighted by atomic mass is 79.9. The van der Waals surface area contributed by atoms with Gasteiger partial charge in [0.1, 0.15) is 17.0 Å². The van der Waals surface area contributed by atoms with E-state index in [1.54, 1.807) is 11.0 Å². The van der Waals surface area contributed by atoms with Gasteiger partial charge >= 0.3 is 5.97 Å². The molecule has 1 heterocycles. The lowest BCUT2D eigenvalue weighted by molar-refractivity contribution is -0.138. The second kappa shape index (κ2) is 6.39. The first kappa shape index (κ1) is 13.7. The van der Waals surface area contributed by atoms with Crippen molar-refractivity contribution in [3.63, 3.8) is 0 Å². The highest BCUT2D eigenvalue weighted by molar-refractivity contribution is 9.10. The number of nitrogen functional groups attached to an aromatic ring is 1. The smallest absolute Gasteiger partial charge is 0.325 e. The molecule has 0 saturated heterocycles. The van der Waals surface area contributed by atoms with E-state index < -0.39 is 0 Å². The number of hydrogen-bond acceptors (Lipinski definition) is 6. The first-order chi connectivity index (χ1) is 8.06. The largest absolute Gasteiger partial charge is 0.468 e. The van der Waals surface area contributed by atoms with Crippen LogP contribution in [0.15, 0.2) is 10.7 Å². The van der Waals surface area contributed by atoms with Crippen LogP contribution >= 0.6 is 15.9 Å². The first-order valence-corrected chi connectivity index (χ1v) is 5.98. The van der Waals surface area contributed by atoms with Crippen molar-refractivity contribution in [2.75, 3.05) is 30.8 Å². The van der Waals surface area contributed by atoms with E-state index in [9.17, 15) is 4.79 Å². The number of carbonyl (C=O) groups is 1. The molecule has 0 unspecified atom stereocenters. The van der Waals surface area contributed by atoms with Crippen LogP contribution < -0.4 is 10.6 Å². The van der Waals surface area contributed by atoms with Gasteiger partial charge in [-0.3, -0.25) is 4.79 Å². The SMILES string of the molecule is CCCN(CC(=O)OC)c1nc(N)cc(Br)n1. The van der Waals surface area contributed by atoms with Crippen molar-refractivity contribution in [1.82, 2.24) is 9.97 Å². The fourth-order valence-electron chi connectivity index (χ4n) is 1.30. The molecular weight excluding hydrogens is 288 g/mol. The molecule has 2 N–H and O–H groups in total. The van der Waals surface area contributed by atoms with Crippen molar-refractivity contribution in [1.29, 1.82) is 0 Å². The Morgan fingerprint density at radius 1 is 1.59 bits per heavy atom. The zero-order valence-corrected chi connectivity index (χ0v) is 11.4. The maximum atomic E-state index is 11.3. The van der Waals surface area contributed by atoms with Gasteiger partial charge in [-0.2, -0.15) is 4.98 Å². The summed E-state index contributed by atoms with van der Waals surface area (Å²) in [6.07, 6.45) is 0.868. The molecule has 7 heteroatoms. The average Bonchev–Trinajstić information content (AvgIpc) is 2.27. The molecule has 0 saturated carbocycles. The molecule has 0 radical (unpaired) electrons. The lowest BCUT2D eigenvalue weighted by Gasteiger charge is -2.20. The summed E-state index contributed by atoms with van der Waals surface area (Å²) in [6, 6.07) is 1.60. The summed E-state index contributed by atoms with van der Waals surface area (Å²) >= 11 is 3.24. The minimum absolute atomic E-state index is 0.111. The summed E-state index contributed by atoms with van der Waals surface area (Å²) in [7, 11) is 1.35. The zero-order valence-electron chi connectivity index (χ0n) is 9.81. The molecule has 0 aliphatic carbocycles. The number of hydrogen-bond donors (Lipinski definition) is 1. The van der Waals surface area contributed by atoms with Gasteiger partial charge in [0.15, 0.2) is 0 Å². The quantitative estimate of drug-likeness (QED) is 0.650. The van der Waals surface area contributed by atoms with Gasteiger partial charge in [0, 0.05) is 12.6 Å². The number of halogens is 1. The molecule has 0 atom stereocenters. The second-order valence-corrected chi connectivity index (χ2v) is 4.23. The Morgan fingerprint density at radius 3 is 2.82 bits per heavy atom. The van der Waals surface area contributed by atoms with Crippen molar-refractivity contribution < 1.29 is 9.53 Å². The van der Waals surface area contributed by atoms with E-state index in [1.165, 1.54) is 7.11 Å². The fourth-order valence-corrected chi connectivity index (χ4v) is 1.70. The van der Waals surface area contributed by atoms with Crippen molar-refractivity contribution in [2.24, 2.45) is 0 Å². The lowest BCUT2D eigenvalue weighted by Crippen LogP contribution is -2.32. The van der Waals surface area contributed by atoms with Gasteiger partial charge in [0.05, 0.1) is 7.11 Å². The highest BCUT2D eigenvalue weighted by Gasteiger charge is 2.14. The van der Waals surface area contributed by atoms with Crippen LogP contribution in [0.2, 0.25) is 0 Å². The van der Waals surface area contributed by atoms with E-state index in [-0.39, 0.29) is 12.5 Å². The summed E-state index contributed by atoms with van der Waals surface area (Å²) in [5.41, 5.74) is 5.63. The normalized spacial score (nSPS) is 10.1. The summed E-state index contributed by atoms with van der Waals surface area (Å²) in [5.74, 6) is 0.442. The molecule has 0 spiro atoms. The van der Waals surface area contributed by atoms with Crippen molar-refractivity contribution in [3.05, 3.63) is 10.7 Å². The third kappa shape index (κ3) is 4.18. The summed E-state index contributed by atoms with van der Waals surface area (Å²) < 4.78 is 5.22. The van der Waals surface area contributed by atoms with E-state index in [4.69, 9.17) is 5.73 Å². The van der Waals surface area contributed by atoms with E-state index in [0.29, 0.717) is 22.9 Å². The van der Waals surface area contributed by atoms with Gasteiger partial charge in [-0.05, 0) is 22.4 Å². The predicted octanol–water partition coefficient (Wildman–Crippen LogP) is 1.21. The Bertz CT molecular complexity index is 380. The third-order valence-corrected chi connectivity index (χ3v) is 2.43. The molecule has 17 heavy (non-hydrogen) atoms. The molecule has 1 rings (SSSR count). The van der Waals surface area contributed by atoms with Gasteiger partial charge in [-0.15, -0.1) is 0 Å². The summed E-state index contributed by atoms with van der Waals surface area (Å²) in [4.78, 5) is 21.3. The molecule has 0 amide bonds. The Labute approximate surface area is 108 Å². The number of aromatic nitrogens is 2. The van der Waals surface area contributed by atoms with Crippen LogP contribution in [0.5, 0.6) is 0 Å². The number of esters is 1. The maximum Gasteiger partial charge on any atom is 0.325 e. The second-order valence-electron chi connectivity index (χ2n) is 3.41. The van der Waals surface area contributed by atoms with E-state index >= 15 is 0 Å². The lowest BCUT2D eigenvalue weighted by atomic mass is 10.4. The number of ether oxygens (including phenoxy) is 1. The number of rotatable bonds is 5. The molecule has 0 bridgehead atoms. The fraction of sp³-hybridized carbons (Fsp3) is 0.500. The standard InChI is InChI=1S/C10H15BrN4O2/c1-3-4-15(6-9(16)17-2)10-13-7(11)5-8(12)14-10/h5H,3-4,6H2,1-2H3,(H2,12,13,14). The van der Waals surface area contributed by atoms with E-state index in [0.717, 1.165) is 6.42 Å². The van der Waals surface area contributed by atoms with E-state index in [1.807, 2.05) is 6.92 Å². The van der Waals surface area contributed by atoms with Crippen molar-refractivity contribution in [2.45, 2.75) is 13.3 Å². The topological polar surface area (TPSA) is 81.3 Å². The van der Waals surface area contributed by atoms with Crippen molar-refractivity contribution in [3.8, 4) is 0 Å². The molecular formula is C10H15BrN4O2. The molecule has 94 valence electrons. The number of methoxy groups -OCH3 is 1. The maximum absolute atomic E-state index is 11.3. The van der Waals surface area contributed by atoms with Crippen LogP contribution in [-0.4, -0.2) is 36.1 Å².